The smallest absolute Gasteiger partial charge is 0.0705 e. The molecule has 2 heteroatoms. The van der Waals surface area contributed by atoms with Crippen LogP contribution in [-0.2, 0) is 6.42 Å². The Hall–Kier alpha value is -0.890. The fraction of sp³-hybridized carbons (Fsp3) is 0.438. The Morgan fingerprint density at radius 3 is 2.67 bits per heavy atom. The molecule has 0 aliphatic rings. The van der Waals surface area contributed by atoms with Crippen molar-refractivity contribution in [2.45, 2.75) is 38.4 Å². The zero-order chi connectivity index (χ0) is 13.1. The number of hydrogen-bond donors (Lipinski definition) is 0. The molecule has 1 heterocycles. The van der Waals surface area contributed by atoms with E-state index >= 15 is 0 Å². The molecule has 0 fully saturated rings. The monoisotopic (exact) mass is 305 g/mol. The molecule has 2 rings (SSSR count). The molecule has 1 nitrogen and oxygen atoms in total. The lowest BCUT2D eigenvalue weighted by Gasteiger charge is -2.13. The minimum absolute atomic E-state index is 0.601. The molecular formula is C16H20BrN. The molecular weight excluding hydrogens is 286 g/mol. The summed E-state index contributed by atoms with van der Waals surface area (Å²) in [6, 6.07) is 10.8. The lowest BCUT2D eigenvalue weighted by molar-refractivity contribution is 0.582. The molecule has 0 amide bonds. The van der Waals surface area contributed by atoms with Gasteiger partial charge in [-0.25, -0.2) is 0 Å². The van der Waals surface area contributed by atoms with Crippen LogP contribution >= 0.6 is 15.9 Å². The fourth-order valence-corrected chi connectivity index (χ4v) is 2.30. The first-order valence-corrected chi connectivity index (χ1v) is 7.48. The summed E-state index contributed by atoms with van der Waals surface area (Å²) in [4.78, 5) is 5.13. The van der Waals surface area contributed by atoms with Crippen LogP contribution in [0, 0.1) is 12.8 Å². The summed E-state index contributed by atoms with van der Waals surface area (Å²) in [5, 5.41) is 1.24. The fourth-order valence-electron chi connectivity index (χ4n) is 2.07. The van der Waals surface area contributed by atoms with Crippen LogP contribution in [0.25, 0.3) is 10.9 Å². The largest absolute Gasteiger partial charge is 0.253 e. The summed E-state index contributed by atoms with van der Waals surface area (Å²) in [6.45, 7) is 6.55. The minimum atomic E-state index is 0.601. The van der Waals surface area contributed by atoms with E-state index in [1.165, 1.54) is 17.4 Å². The van der Waals surface area contributed by atoms with Gasteiger partial charge in [0.2, 0.25) is 0 Å². The van der Waals surface area contributed by atoms with Crippen molar-refractivity contribution >= 4 is 26.8 Å². The second-order valence-corrected chi connectivity index (χ2v) is 6.45. The zero-order valence-corrected chi connectivity index (χ0v) is 12.9. The first-order chi connectivity index (χ1) is 8.56. The number of aromatic nitrogens is 1. The van der Waals surface area contributed by atoms with Crippen molar-refractivity contribution in [3.8, 4) is 0 Å². The van der Waals surface area contributed by atoms with Crippen LogP contribution in [-0.4, -0.2) is 9.81 Å². The highest BCUT2D eigenvalue weighted by atomic mass is 79.9. The number of nitrogens with zero attached hydrogens (tertiary/aromatic N) is 1. The maximum absolute atomic E-state index is 4.53. The van der Waals surface area contributed by atoms with Gasteiger partial charge in [-0.3, -0.25) is 4.98 Å². The maximum atomic E-state index is 4.53. The third-order valence-electron chi connectivity index (χ3n) is 3.33. The molecule has 0 spiro atoms. The number of benzene rings is 1. The summed E-state index contributed by atoms with van der Waals surface area (Å²) in [7, 11) is 0. The Bertz CT molecular complexity index is 534. The van der Waals surface area contributed by atoms with Crippen molar-refractivity contribution in [2.75, 3.05) is 0 Å². The minimum Gasteiger partial charge on any atom is -0.253 e. The molecule has 0 saturated heterocycles. The SMILES string of the molecule is Cc1ccc2cc(CCC(Br)C(C)C)ccc2n1. The number of alkyl halides is 1. The summed E-state index contributed by atoms with van der Waals surface area (Å²) >= 11 is 3.75. The van der Waals surface area contributed by atoms with Gasteiger partial charge in [0.05, 0.1) is 5.52 Å². The van der Waals surface area contributed by atoms with E-state index in [0.29, 0.717) is 10.7 Å². The molecule has 18 heavy (non-hydrogen) atoms. The number of hydrogen-bond acceptors (Lipinski definition) is 1. The standard InChI is InChI=1S/C16H20BrN/c1-11(2)15(17)8-5-13-6-9-16-14(10-13)7-4-12(3)18-16/h4,6-7,9-11,15H,5,8H2,1-3H3. The molecule has 0 aliphatic heterocycles. The van der Waals surface area contributed by atoms with Crippen molar-refractivity contribution in [1.29, 1.82) is 0 Å². The van der Waals surface area contributed by atoms with Crippen molar-refractivity contribution < 1.29 is 0 Å². The molecule has 1 aromatic heterocycles. The Balaban J connectivity index is 2.13. The lowest BCUT2D eigenvalue weighted by atomic mass is 10.0. The molecule has 2 aromatic rings. The Morgan fingerprint density at radius 1 is 1.17 bits per heavy atom. The molecule has 1 aromatic carbocycles. The van der Waals surface area contributed by atoms with Crippen molar-refractivity contribution in [3.63, 3.8) is 0 Å². The molecule has 1 atom stereocenters. The van der Waals surface area contributed by atoms with Crippen LogP contribution in [0.4, 0.5) is 0 Å². The second kappa shape index (κ2) is 5.83. The molecule has 0 radical (unpaired) electrons. The number of rotatable bonds is 4. The third kappa shape index (κ3) is 3.32. The lowest BCUT2D eigenvalue weighted by Crippen LogP contribution is -2.08. The van der Waals surface area contributed by atoms with Crippen LogP contribution < -0.4 is 0 Å². The van der Waals surface area contributed by atoms with Gasteiger partial charge in [-0.2, -0.15) is 0 Å². The molecule has 0 N–H and O–H groups in total. The van der Waals surface area contributed by atoms with Crippen LogP contribution in [0.15, 0.2) is 30.3 Å². The van der Waals surface area contributed by atoms with Crippen molar-refractivity contribution in [2.24, 2.45) is 5.92 Å². The van der Waals surface area contributed by atoms with Gasteiger partial charge in [0.15, 0.2) is 0 Å². The van der Waals surface area contributed by atoms with E-state index in [1.54, 1.807) is 0 Å². The molecule has 0 aliphatic carbocycles. The molecule has 96 valence electrons. The molecule has 0 saturated carbocycles. The van der Waals surface area contributed by atoms with Gasteiger partial charge in [0.25, 0.3) is 0 Å². The third-order valence-corrected chi connectivity index (χ3v) is 4.84. The van der Waals surface area contributed by atoms with Gasteiger partial charge in [0, 0.05) is 15.9 Å². The quantitative estimate of drug-likeness (QED) is 0.732. The highest BCUT2D eigenvalue weighted by Crippen LogP contribution is 2.20. The maximum Gasteiger partial charge on any atom is 0.0705 e. The van der Waals surface area contributed by atoms with Crippen LogP contribution in [0.3, 0.4) is 0 Å². The van der Waals surface area contributed by atoms with Crippen molar-refractivity contribution in [3.05, 3.63) is 41.6 Å². The number of fused-ring (bicyclic) bond motifs is 1. The van der Waals surface area contributed by atoms with E-state index in [1.807, 2.05) is 6.92 Å². The predicted octanol–water partition coefficient (Wildman–Crippen LogP) is 4.90. The van der Waals surface area contributed by atoms with E-state index in [-0.39, 0.29) is 0 Å². The number of aryl methyl sites for hydroxylation is 2. The van der Waals surface area contributed by atoms with E-state index in [0.717, 1.165) is 17.6 Å². The molecule has 1 unspecified atom stereocenters. The Labute approximate surface area is 118 Å². The van der Waals surface area contributed by atoms with Gasteiger partial charge in [-0.05, 0) is 49.4 Å². The van der Waals surface area contributed by atoms with E-state index in [2.05, 4.69) is 65.1 Å². The highest BCUT2D eigenvalue weighted by molar-refractivity contribution is 9.09. The van der Waals surface area contributed by atoms with Crippen LogP contribution in [0.5, 0.6) is 0 Å². The summed E-state index contributed by atoms with van der Waals surface area (Å²) in [5.74, 6) is 0.690. The molecule has 0 bridgehead atoms. The first-order valence-electron chi connectivity index (χ1n) is 6.56. The zero-order valence-electron chi connectivity index (χ0n) is 11.3. The predicted molar refractivity (Wildman–Crippen MR) is 82.4 cm³/mol. The Morgan fingerprint density at radius 2 is 1.94 bits per heavy atom. The average molecular weight is 306 g/mol. The van der Waals surface area contributed by atoms with Gasteiger partial charge in [-0.15, -0.1) is 0 Å². The van der Waals surface area contributed by atoms with Crippen LogP contribution in [0.1, 0.15) is 31.5 Å². The average Bonchev–Trinajstić information content (AvgIpc) is 2.35. The van der Waals surface area contributed by atoms with Gasteiger partial charge < -0.3 is 0 Å². The Kier molecular flexibility index (Phi) is 4.39. The topological polar surface area (TPSA) is 12.9 Å². The summed E-state index contributed by atoms with van der Waals surface area (Å²) < 4.78 is 0. The highest BCUT2D eigenvalue weighted by Gasteiger charge is 2.09. The normalized spacial score (nSPS) is 13.2. The van der Waals surface area contributed by atoms with Gasteiger partial charge in [0.1, 0.15) is 0 Å². The van der Waals surface area contributed by atoms with Gasteiger partial charge >= 0.3 is 0 Å². The first kappa shape index (κ1) is 13.5. The van der Waals surface area contributed by atoms with E-state index in [9.17, 15) is 0 Å². The van der Waals surface area contributed by atoms with Crippen LogP contribution in [0.2, 0.25) is 0 Å². The number of halogens is 1. The van der Waals surface area contributed by atoms with Gasteiger partial charge in [-0.1, -0.05) is 41.9 Å². The van der Waals surface area contributed by atoms with E-state index in [4.69, 9.17) is 0 Å². The number of pyridine rings is 1. The second-order valence-electron chi connectivity index (χ2n) is 5.28. The summed E-state index contributed by atoms with van der Waals surface area (Å²) in [6.07, 6.45) is 2.31. The summed E-state index contributed by atoms with van der Waals surface area (Å²) in [5.41, 5.74) is 3.58. The van der Waals surface area contributed by atoms with Crippen molar-refractivity contribution in [1.82, 2.24) is 4.98 Å². The van der Waals surface area contributed by atoms with E-state index < -0.39 is 0 Å².